The molecule has 0 radical (unpaired) electrons. The normalized spacial score (nSPS) is 11.1. The van der Waals surface area contributed by atoms with Crippen molar-refractivity contribution in [2.24, 2.45) is 0 Å². The van der Waals surface area contributed by atoms with E-state index >= 15 is 0 Å². The van der Waals surface area contributed by atoms with Crippen LogP contribution < -0.4 is 10.6 Å². The molecular weight excluding hydrogens is 296 g/mol. The van der Waals surface area contributed by atoms with Crippen molar-refractivity contribution in [3.05, 3.63) is 58.6 Å². The molecule has 2 rings (SSSR count). The van der Waals surface area contributed by atoms with Crippen LogP contribution in [0.15, 0.2) is 42.5 Å². The zero-order valence-corrected chi connectivity index (χ0v) is 14.1. The molecule has 0 aliphatic heterocycles. The second-order valence-corrected chi connectivity index (χ2v) is 6.81. The Balaban J connectivity index is 2.21. The molecule has 1 amide bonds. The van der Waals surface area contributed by atoms with Crippen LogP contribution in [-0.2, 0) is 0 Å². The van der Waals surface area contributed by atoms with Gasteiger partial charge in [0.25, 0.3) is 5.91 Å². The van der Waals surface area contributed by atoms with Gasteiger partial charge in [0.2, 0.25) is 0 Å². The fraction of sp³-hybridized carbons (Fsp3) is 0.278. The van der Waals surface area contributed by atoms with E-state index in [1.807, 2.05) is 31.2 Å². The summed E-state index contributed by atoms with van der Waals surface area (Å²) in [4.78, 5) is 12.4. The average Bonchev–Trinajstić information content (AvgIpc) is 2.39. The van der Waals surface area contributed by atoms with E-state index in [1.165, 1.54) is 0 Å². The van der Waals surface area contributed by atoms with Crippen molar-refractivity contribution in [3.8, 4) is 0 Å². The fourth-order valence-corrected chi connectivity index (χ4v) is 2.26. The number of anilines is 2. The average molecular weight is 317 g/mol. The SMILES string of the molecule is Cc1ccc(C(=O)Nc2cccc(Cl)c2)cc1NC(C)(C)C. The maximum Gasteiger partial charge on any atom is 0.255 e. The number of benzene rings is 2. The molecule has 116 valence electrons. The first-order chi connectivity index (χ1) is 10.2. The van der Waals surface area contributed by atoms with E-state index in [1.54, 1.807) is 18.2 Å². The van der Waals surface area contributed by atoms with Crippen molar-refractivity contribution in [3.63, 3.8) is 0 Å². The molecule has 2 aromatic carbocycles. The van der Waals surface area contributed by atoms with Crippen molar-refractivity contribution in [1.29, 1.82) is 0 Å². The zero-order valence-electron chi connectivity index (χ0n) is 13.3. The standard InChI is InChI=1S/C18H21ClN2O/c1-12-8-9-13(10-16(12)21-18(2,3)4)17(22)20-15-7-5-6-14(19)11-15/h5-11,21H,1-4H3,(H,20,22). The predicted molar refractivity (Wildman–Crippen MR) is 94.0 cm³/mol. The summed E-state index contributed by atoms with van der Waals surface area (Å²) in [7, 11) is 0. The Morgan fingerprint density at radius 1 is 1.09 bits per heavy atom. The van der Waals surface area contributed by atoms with Crippen molar-refractivity contribution in [2.75, 3.05) is 10.6 Å². The number of hydrogen-bond donors (Lipinski definition) is 2. The van der Waals surface area contributed by atoms with Crippen LogP contribution in [0, 0.1) is 6.92 Å². The summed E-state index contributed by atoms with van der Waals surface area (Å²) in [5.41, 5.74) is 3.30. The lowest BCUT2D eigenvalue weighted by Crippen LogP contribution is -2.26. The lowest BCUT2D eigenvalue weighted by atomic mass is 10.0. The largest absolute Gasteiger partial charge is 0.380 e. The van der Waals surface area contributed by atoms with Crippen LogP contribution in [0.2, 0.25) is 5.02 Å². The molecule has 0 heterocycles. The summed E-state index contributed by atoms with van der Waals surface area (Å²) in [5, 5.41) is 6.87. The monoisotopic (exact) mass is 316 g/mol. The molecule has 0 saturated carbocycles. The van der Waals surface area contributed by atoms with Gasteiger partial charge in [0.15, 0.2) is 0 Å². The van der Waals surface area contributed by atoms with Crippen LogP contribution in [0.5, 0.6) is 0 Å². The van der Waals surface area contributed by atoms with Crippen LogP contribution in [0.25, 0.3) is 0 Å². The number of carbonyl (C=O) groups is 1. The topological polar surface area (TPSA) is 41.1 Å². The quantitative estimate of drug-likeness (QED) is 0.826. The molecule has 0 spiro atoms. The van der Waals surface area contributed by atoms with Gasteiger partial charge in [-0.25, -0.2) is 0 Å². The first-order valence-corrected chi connectivity index (χ1v) is 7.58. The van der Waals surface area contributed by atoms with E-state index in [0.717, 1.165) is 11.3 Å². The van der Waals surface area contributed by atoms with Crippen molar-refractivity contribution in [1.82, 2.24) is 0 Å². The molecule has 0 atom stereocenters. The van der Waals surface area contributed by atoms with E-state index in [2.05, 4.69) is 31.4 Å². The molecular formula is C18H21ClN2O. The second kappa shape index (κ2) is 6.41. The highest BCUT2D eigenvalue weighted by atomic mass is 35.5. The molecule has 2 aromatic rings. The Hall–Kier alpha value is -2.00. The van der Waals surface area contributed by atoms with E-state index in [-0.39, 0.29) is 11.4 Å². The lowest BCUT2D eigenvalue weighted by Gasteiger charge is -2.24. The predicted octanol–water partition coefficient (Wildman–Crippen LogP) is 5.11. The Labute approximate surface area is 136 Å². The molecule has 0 fully saturated rings. The number of aryl methyl sites for hydroxylation is 1. The fourth-order valence-electron chi connectivity index (χ4n) is 2.07. The van der Waals surface area contributed by atoms with Gasteiger partial charge in [-0.3, -0.25) is 4.79 Å². The zero-order chi connectivity index (χ0) is 16.3. The number of rotatable bonds is 3. The van der Waals surface area contributed by atoms with Gasteiger partial charge in [-0.1, -0.05) is 23.7 Å². The van der Waals surface area contributed by atoms with E-state index in [4.69, 9.17) is 11.6 Å². The highest BCUT2D eigenvalue weighted by molar-refractivity contribution is 6.30. The Morgan fingerprint density at radius 2 is 1.82 bits per heavy atom. The van der Waals surface area contributed by atoms with Gasteiger partial charge < -0.3 is 10.6 Å². The lowest BCUT2D eigenvalue weighted by molar-refractivity contribution is 0.102. The molecule has 0 bridgehead atoms. The summed E-state index contributed by atoms with van der Waals surface area (Å²) in [5.74, 6) is -0.153. The van der Waals surface area contributed by atoms with Crippen LogP contribution in [0.3, 0.4) is 0 Å². The van der Waals surface area contributed by atoms with Crippen LogP contribution >= 0.6 is 11.6 Å². The first-order valence-electron chi connectivity index (χ1n) is 7.20. The van der Waals surface area contributed by atoms with Crippen LogP contribution in [0.1, 0.15) is 36.7 Å². The minimum atomic E-state index is -0.153. The highest BCUT2D eigenvalue weighted by Crippen LogP contribution is 2.22. The summed E-state index contributed by atoms with van der Waals surface area (Å²) in [6.07, 6.45) is 0. The van der Waals surface area contributed by atoms with Crippen LogP contribution in [0.4, 0.5) is 11.4 Å². The first kappa shape index (κ1) is 16.4. The van der Waals surface area contributed by atoms with Gasteiger partial charge in [0.1, 0.15) is 0 Å². The summed E-state index contributed by atoms with van der Waals surface area (Å²) >= 11 is 5.93. The summed E-state index contributed by atoms with van der Waals surface area (Å²) in [6, 6.07) is 12.8. The van der Waals surface area contributed by atoms with Gasteiger partial charge in [-0.2, -0.15) is 0 Å². The second-order valence-electron chi connectivity index (χ2n) is 6.37. The van der Waals surface area contributed by atoms with Crippen LogP contribution in [-0.4, -0.2) is 11.4 Å². The Bertz CT molecular complexity index is 690. The number of halogens is 1. The molecule has 4 heteroatoms. The third-order valence-corrected chi connectivity index (χ3v) is 3.33. The number of carbonyl (C=O) groups excluding carboxylic acids is 1. The summed E-state index contributed by atoms with van der Waals surface area (Å²) < 4.78 is 0. The molecule has 3 nitrogen and oxygen atoms in total. The highest BCUT2D eigenvalue weighted by Gasteiger charge is 2.13. The third kappa shape index (κ3) is 4.50. The van der Waals surface area contributed by atoms with E-state index < -0.39 is 0 Å². The van der Waals surface area contributed by atoms with Crippen molar-refractivity contribution in [2.45, 2.75) is 33.2 Å². The Kier molecular flexibility index (Phi) is 4.77. The Morgan fingerprint density at radius 3 is 2.45 bits per heavy atom. The van der Waals surface area contributed by atoms with Gasteiger partial charge in [0, 0.05) is 27.5 Å². The van der Waals surface area contributed by atoms with Gasteiger partial charge in [-0.15, -0.1) is 0 Å². The molecule has 0 aliphatic rings. The van der Waals surface area contributed by atoms with E-state index in [9.17, 15) is 4.79 Å². The number of hydrogen-bond acceptors (Lipinski definition) is 2. The van der Waals surface area contributed by atoms with Gasteiger partial charge in [-0.05, 0) is 63.6 Å². The smallest absolute Gasteiger partial charge is 0.255 e. The third-order valence-electron chi connectivity index (χ3n) is 3.09. The maximum atomic E-state index is 12.4. The molecule has 22 heavy (non-hydrogen) atoms. The minimum Gasteiger partial charge on any atom is -0.380 e. The van der Waals surface area contributed by atoms with Crippen molar-refractivity contribution >= 4 is 28.9 Å². The van der Waals surface area contributed by atoms with Crippen molar-refractivity contribution < 1.29 is 4.79 Å². The van der Waals surface area contributed by atoms with E-state index in [0.29, 0.717) is 16.3 Å². The molecule has 0 saturated heterocycles. The molecule has 0 unspecified atom stereocenters. The maximum absolute atomic E-state index is 12.4. The number of amides is 1. The van der Waals surface area contributed by atoms with Gasteiger partial charge >= 0.3 is 0 Å². The molecule has 2 N–H and O–H groups in total. The molecule has 0 aromatic heterocycles. The van der Waals surface area contributed by atoms with Gasteiger partial charge in [0.05, 0.1) is 0 Å². The minimum absolute atomic E-state index is 0.0627. The number of nitrogens with one attached hydrogen (secondary N) is 2. The molecule has 0 aliphatic carbocycles. The summed E-state index contributed by atoms with van der Waals surface area (Å²) in [6.45, 7) is 8.29.